The third kappa shape index (κ3) is 3.85. The van der Waals surface area contributed by atoms with Crippen LogP contribution in [0.5, 0.6) is 0 Å². The Kier molecular flexibility index (Phi) is 5.85. The van der Waals surface area contributed by atoms with Crippen LogP contribution in [-0.2, 0) is 9.53 Å². The highest BCUT2D eigenvalue weighted by molar-refractivity contribution is 5.97. The highest BCUT2D eigenvalue weighted by Crippen LogP contribution is 2.42. The maximum Gasteiger partial charge on any atom is 0.259 e. The number of carbonyl (C=O) groups excluding carboxylic acids is 2. The first kappa shape index (κ1) is 21.5. The Bertz CT molecular complexity index is 938. The molecule has 0 radical (unpaired) electrons. The fraction of sp³-hybridized carbons (Fsp3) is 0.522. The van der Waals surface area contributed by atoms with Gasteiger partial charge in [0.25, 0.3) is 11.8 Å². The van der Waals surface area contributed by atoms with E-state index in [1.165, 1.54) is 0 Å². The topological polar surface area (TPSA) is 79.1 Å². The van der Waals surface area contributed by atoms with Gasteiger partial charge in [0.1, 0.15) is 11.3 Å². The summed E-state index contributed by atoms with van der Waals surface area (Å²) in [5, 5.41) is 3.92. The summed E-state index contributed by atoms with van der Waals surface area (Å²) in [4.78, 5) is 32.7. The number of likely N-dealkylation sites (tertiary alicyclic amines) is 1. The minimum Gasteiger partial charge on any atom is -0.361 e. The SMILES string of the molecule is Cc1noc(C)c1C(=O)N1CCO[C@]2(C1)C(=O)N(CCN(C)C)C[C@@H]2c1ccccc1. The van der Waals surface area contributed by atoms with Crippen molar-refractivity contribution in [3.05, 3.63) is 52.9 Å². The van der Waals surface area contributed by atoms with E-state index in [0.717, 1.165) is 12.1 Å². The molecule has 31 heavy (non-hydrogen) atoms. The van der Waals surface area contributed by atoms with Gasteiger partial charge in [0.05, 0.1) is 18.8 Å². The maximum absolute atomic E-state index is 13.7. The molecule has 1 aromatic carbocycles. The van der Waals surface area contributed by atoms with Crippen LogP contribution in [-0.4, -0.2) is 90.7 Å². The zero-order chi connectivity index (χ0) is 22.2. The number of morpholine rings is 1. The summed E-state index contributed by atoms with van der Waals surface area (Å²) in [5.41, 5.74) is 1.01. The molecule has 2 amide bonds. The smallest absolute Gasteiger partial charge is 0.259 e. The Morgan fingerprint density at radius 1 is 1.26 bits per heavy atom. The lowest BCUT2D eigenvalue weighted by Crippen LogP contribution is -2.59. The normalized spacial score (nSPS) is 23.9. The molecule has 2 atom stereocenters. The summed E-state index contributed by atoms with van der Waals surface area (Å²) in [6, 6.07) is 9.99. The monoisotopic (exact) mass is 426 g/mol. The minimum atomic E-state index is -1.08. The van der Waals surface area contributed by atoms with Gasteiger partial charge in [-0.2, -0.15) is 0 Å². The van der Waals surface area contributed by atoms with E-state index in [-0.39, 0.29) is 24.3 Å². The van der Waals surface area contributed by atoms with E-state index in [9.17, 15) is 9.59 Å². The second-order valence-electron chi connectivity index (χ2n) is 8.68. The van der Waals surface area contributed by atoms with Crippen LogP contribution in [0.25, 0.3) is 0 Å². The molecule has 2 aromatic rings. The zero-order valence-electron chi connectivity index (χ0n) is 18.6. The molecule has 1 spiro atoms. The largest absolute Gasteiger partial charge is 0.361 e. The van der Waals surface area contributed by atoms with E-state index in [2.05, 4.69) is 10.1 Å². The molecule has 4 rings (SSSR count). The number of nitrogens with zero attached hydrogens (tertiary/aromatic N) is 4. The molecule has 0 bridgehead atoms. The van der Waals surface area contributed by atoms with Gasteiger partial charge < -0.3 is 24.0 Å². The van der Waals surface area contributed by atoms with Crippen LogP contribution in [0.15, 0.2) is 34.9 Å². The first-order chi connectivity index (χ1) is 14.8. The van der Waals surface area contributed by atoms with Crippen molar-refractivity contribution in [2.24, 2.45) is 0 Å². The molecular formula is C23H30N4O4. The number of aromatic nitrogens is 1. The summed E-state index contributed by atoms with van der Waals surface area (Å²) >= 11 is 0. The third-order valence-electron chi connectivity index (χ3n) is 6.32. The predicted octanol–water partition coefficient (Wildman–Crippen LogP) is 1.69. The van der Waals surface area contributed by atoms with Crippen molar-refractivity contribution in [2.75, 3.05) is 53.4 Å². The molecule has 0 saturated carbocycles. The first-order valence-corrected chi connectivity index (χ1v) is 10.7. The van der Waals surface area contributed by atoms with Gasteiger partial charge in [0, 0.05) is 32.1 Å². The average Bonchev–Trinajstić information content (AvgIpc) is 3.23. The van der Waals surface area contributed by atoms with Crippen LogP contribution in [0.1, 0.15) is 33.3 Å². The van der Waals surface area contributed by atoms with Crippen molar-refractivity contribution < 1.29 is 18.8 Å². The van der Waals surface area contributed by atoms with Crippen molar-refractivity contribution in [1.29, 1.82) is 0 Å². The van der Waals surface area contributed by atoms with Crippen molar-refractivity contribution in [1.82, 2.24) is 19.9 Å². The summed E-state index contributed by atoms with van der Waals surface area (Å²) in [6.07, 6.45) is 0. The lowest BCUT2D eigenvalue weighted by molar-refractivity contribution is -0.159. The highest BCUT2D eigenvalue weighted by atomic mass is 16.5. The molecule has 1 aromatic heterocycles. The van der Waals surface area contributed by atoms with Gasteiger partial charge in [-0.15, -0.1) is 0 Å². The number of ether oxygens (including phenoxy) is 1. The fourth-order valence-corrected chi connectivity index (χ4v) is 4.65. The van der Waals surface area contributed by atoms with Crippen molar-refractivity contribution >= 4 is 11.8 Å². The van der Waals surface area contributed by atoms with Crippen molar-refractivity contribution in [3.63, 3.8) is 0 Å². The van der Waals surface area contributed by atoms with Gasteiger partial charge in [0.15, 0.2) is 5.60 Å². The van der Waals surface area contributed by atoms with E-state index < -0.39 is 5.60 Å². The predicted molar refractivity (Wildman–Crippen MR) is 115 cm³/mol. The van der Waals surface area contributed by atoms with Gasteiger partial charge in [-0.1, -0.05) is 35.5 Å². The number of benzene rings is 1. The molecule has 8 heteroatoms. The van der Waals surface area contributed by atoms with Crippen LogP contribution in [0.4, 0.5) is 0 Å². The van der Waals surface area contributed by atoms with Gasteiger partial charge in [0.2, 0.25) is 0 Å². The van der Waals surface area contributed by atoms with Gasteiger partial charge in [-0.05, 0) is 33.5 Å². The summed E-state index contributed by atoms with van der Waals surface area (Å²) in [7, 11) is 3.98. The second-order valence-corrected chi connectivity index (χ2v) is 8.68. The Balaban J connectivity index is 1.67. The second kappa shape index (κ2) is 8.43. The van der Waals surface area contributed by atoms with E-state index in [1.54, 1.807) is 18.7 Å². The molecule has 0 N–H and O–H groups in total. The summed E-state index contributed by atoms with van der Waals surface area (Å²) in [6.45, 7) is 6.42. The number of rotatable bonds is 5. The molecular weight excluding hydrogens is 396 g/mol. The average molecular weight is 427 g/mol. The molecule has 3 heterocycles. The standard InChI is InChI=1S/C23H30N4O4/c1-16-20(17(2)31-24-16)21(28)27-12-13-30-23(15-27)19(18-8-6-5-7-9-18)14-26(22(23)29)11-10-25(3)4/h5-9,19H,10-15H2,1-4H3/t19-,23+/m1/s1. The Morgan fingerprint density at radius 3 is 2.65 bits per heavy atom. The highest BCUT2D eigenvalue weighted by Gasteiger charge is 2.58. The summed E-state index contributed by atoms with van der Waals surface area (Å²) in [5.74, 6) is 0.140. The molecule has 2 aliphatic heterocycles. The lowest BCUT2D eigenvalue weighted by atomic mass is 9.83. The quantitative estimate of drug-likeness (QED) is 0.724. The molecule has 0 aliphatic carbocycles. The van der Waals surface area contributed by atoms with Crippen LogP contribution in [0.3, 0.4) is 0 Å². The molecule has 2 saturated heterocycles. The molecule has 8 nitrogen and oxygen atoms in total. The number of aryl methyl sites for hydroxylation is 2. The van der Waals surface area contributed by atoms with Gasteiger partial charge in [-0.25, -0.2) is 0 Å². The third-order valence-corrected chi connectivity index (χ3v) is 6.32. The fourth-order valence-electron chi connectivity index (χ4n) is 4.65. The molecule has 166 valence electrons. The van der Waals surface area contributed by atoms with Gasteiger partial charge in [-0.3, -0.25) is 9.59 Å². The van der Waals surface area contributed by atoms with Gasteiger partial charge >= 0.3 is 0 Å². The first-order valence-electron chi connectivity index (χ1n) is 10.7. The lowest BCUT2D eigenvalue weighted by Gasteiger charge is -2.42. The Hall–Kier alpha value is -2.71. The number of carbonyl (C=O) groups is 2. The van der Waals surface area contributed by atoms with E-state index in [4.69, 9.17) is 9.26 Å². The number of hydrogen-bond donors (Lipinski definition) is 0. The number of amides is 2. The van der Waals surface area contributed by atoms with E-state index in [1.807, 2.05) is 49.3 Å². The minimum absolute atomic E-state index is 0.0422. The Morgan fingerprint density at radius 2 is 2.00 bits per heavy atom. The zero-order valence-corrected chi connectivity index (χ0v) is 18.6. The molecule has 2 aliphatic rings. The van der Waals surface area contributed by atoms with E-state index in [0.29, 0.717) is 43.3 Å². The van der Waals surface area contributed by atoms with E-state index >= 15 is 0 Å². The Labute approximate surface area is 182 Å². The van der Waals surface area contributed by atoms with Crippen molar-refractivity contribution in [2.45, 2.75) is 25.4 Å². The number of likely N-dealkylation sites (N-methyl/N-ethyl adjacent to an activating group) is 1. The van der Waals surface area contributed by atoms with Crippen LogP contribution < -0.4 is 0 Å². The molecule has 0 unspecified atom stereocenters. The van der Waals surface area contributed by atoms with Crippen molar-refractivity contribution in [3.8, 4) is 0 Å². The number of hydrogen-bond acceptors (Lipinski definition) is 6. The van der Waals surface area contributed by atoms with Crippen LogP contribution in [0, 0.1) is 13.8 Å². The molecule has 2 fully saturated rings. The van der Waals surface area contributed by atoms with Crippen LogP contribution >= 0.6 is 0 Å². The van der Waals surface area contributed by atoms with Crippen LogP contribution in [0.2, 0.25) is 0 Å². The summed E-state index contributed by atoms with van der Waals surface area (Å²) < 4.78 is 11.5. The maximum atomic E-state index is 13.7.